The second-order valence-electron chi connectivity index (χ2n) is 8.68. The van der Waals surface area contributed by atoms with Crippen LogP contribution in [0, 0.1) is 32.1 Å². The first-order chi connectivity index (χ1) is 16.1. The molecule has 2 aromatic heterocycles. The summed E-state index contributed by atoms with van der Waals surface area (Å²) in [7, 11) is 5.77. The number of nitriles is 1. The van der Waals surface area contributed by atoms with Crippen molar-refractivity contribution >= 4 is 23.3 Å². The molecule has 0 aliphatic heterocycles. The normalized spacial score (nSPS) is 10.9. The Bertz CT molecular complexity index is 1260. The van der Waals surface area contributed by atoms with Gasteiger partial charge in [0.2, 0.25) is 0 Å². The SMILES string of the molecule is Cc1ccc(C(=O)Nc2c(C#N)c(C)c(C)n2CCCN(C)C)cc1NC(=O)c1cncn1C. The number of hydrogen-bond donors (Lipinski definition) is 2. The Kier molecular flexibility index (Phi) is 7.54. The fourth-order valence-electron chi connectivity index (χ4n) is 3.79. The average molecular weight is 462 g/mol. The van der Waals surface area contributed by atoms with Crippen molar-refractivity contribution in [2.24, 2.45) is 7.05 Å². The van der Waals surface area contributed by atoms with Crippen LogP contribution in [-0.2, 0) is 13.6 Å². The number of nitrogens with one attached hydrogen (secondary N) is 2. The number of amides is 2. The van der Waals surface area contributed by atoms with Crippen LogP contribution in [-0.4, -0.2) is 51.5 Å². The van der Waals surface area contributed by atoms with Crippen LogP contribution in [0.15, 0.2) is 30.7 Å². The number of imidazole rings is 1. The molecule has 0 bridgehead atoms. The van der Waals surface area contributed by atoms with Gasteiger partial charge in [-0.3, -0.25) is 9.59 Å². The molecule has 0 aliphatic rings. The van der Waals surface area contributed by atoms with Gasteiger partial charge in [-0.25, -0.2) is 4.98 Å². The molecule has 9 nitrogen and oxygen atoms in total. The molecule has 0 saturated heterocycles. The highest BCUT2D eigenvalue weighted by Crippen LogP contribution is 2.28. The van der Waals surface area contributed by atoms with Gasteiger partial charge in [0.15, 0.2) is 0 Å². The van der Waals surface area contributed by atoms with Crippen LogP contribution in [0.3, 0.4) is 0 Å². The largest absolute Gasteiger partial charge is 0.330 e. The van der Waals surface area contributed by atoms with E-state index in [4.69, 9.17) is 0 Å². The van der Waals surface area contributed by atoms with Crippen molar-refractivity contribution in [1.82, 2.24) is 19.0 Å². The average Bonchev–Trinajstić information content (AvgIpc) is 3.31. The first-order valence-corrected chi connectivity index (χ1v) is 11.1. The van der Waals surface area contributed by atoms with Crippen molar-refractivity contribution in [2.45, 2.75) is 33.7 Å². The van der Waals surface area contributed by atoms with E-state index in [1.165, 1.54) is 6.20 Å². The van der Waals surface area contributed by atoms with Gasteiger partial charge in [-0.1, -0.05) is 6.07 Å². The van der Waals surface area contributed by atoms with E-state index in [-0.39, 0.29) is 11.8 Å². The van der Waals surface area contributed by atoms with Gasteiger partial charge in [-0.15, -0.1) is 0 Å². The molecule has 2 amide bonds. The number of carbonyl (C=O) groups excluding carboxylic acids is 2. The number of anilines is 2. The first-order valence-electron chi connectivity index (χ1n) is 11.1. The Balaban J connectivity index is 1.86. The first kappa shape index (κ1) is 24.7. The van der Waals surface area contributed by atoms with Crippen LogP contribution in [0.1, 0.15) is 49.7 Å². The lowest BCUT2D eigenvalue weighted by Crippen LogP contribution is -2.20. The molecule has 0 fully saturated rings. The van der Waals surface area contributed by atoms with E-state index in [1.54, 1.807) is 36.1 Å². The summed E-state index contributed by atoms with van der Waals surface area (Å²) in [6, 6.07) is 7.37. The van der Waals surface area contributed by atoms with Crippen molar-refractivity contribution in [2.75, 3.05) is 31.3 Å². The lowest BCUT2D eigenvalue weighted by Gasteiger charge is -2.15. The van der Waals surface area contributed by atoms with Gasteiger partial charge in [0, 0.05) is 30.5 Å². The standard InChI is InChI=1S/C25H31N7O2/c1-16-8-9-19(12-21(16)28-25(34)22-14-27-15-31(22)6)24(33)29-23-20(13-26)17(2)18(3)32(23)11-7-10-30(4)5/h8-9,12,14-15H,7,10-11H2,1-6H3,(H,28,34)(H,29,33). The maximum atomic E-state index is 13.2. The third-order valence-corrected chi connectivity index (χ3v) is 5.96. The minimum absolute atomic E-state index is 0.312. The van der Waals surface area contributed by atoms with Crippen molar-refractivity contribution in [3.8, 4) is 6.07 Å². The molecular weight excluding hydrogens is 430 g/mol. The molecule has 2 heterocycles. The molecule has 0 spiro atoms. The summed E-state index contributed by atoms with van der Waals surface area (Å²) in [6.45, 7) is 7.28. The van der Waals surface area contributed by atoms with Crippen molar-refractivity contribution in [3.05, 3.63) is 64.4 Å². The molecular formula is C25H31N7O2. The van der Waals surface area contributed by atoms with Crippen molar-refractivity contribution in [1.29, 1.82) is 5.26 Å². The predicted molar refractivity (Wildman–Crippen MR) is 132 cm³/mol. The fraction of sp³-hybridized carbons (Fsp3) is 0.360. The van der Waals surface area contributed by atoms with Gasteiger partial charge >= 0.3 is 0 Å². The fourth-order valence-corrected chi connectivity index (χ4v) is 3.79. The van der Waals surface area contributed by atoms with Crippen LogP contribution in [0.2, 0.25) is 0 Å². The smallest absolute Gasteiger partial charge is 0.273 e. The van der Waals surface area contributed by atoms with E-state index in [2.05, 4.69) is 26.6 Å². The molecule has 9 heteroatoms. The van der Waals surface area contributed by atoms with Gasteiger partial charge < -0.3 is 24.7 Å². The molecule has 1 aromatic carbocycles. The monoisotopic (exact) mass is 461 g/mol. The molecule has 0 saturated carbocycles. The Morgan fingerprint density at radius 2 is 1.88 bits per heavy atom. The zero-order chi connectivity index (χ0) is 25.0. The lowest BCUT2D eigenvalue weighted by atomic mass is 10.1. The Labute approximate surface area is 200 Å². The highest BCUT2D eigenvalue weighted by molar-refractivity contribution is 6.07. The van der Waals surface area contributed by atoms with E-state index in [1.807, 2.05) is 39.4 Å². The highest BCUT2D eigenvalue weighted by atomic mass is 16.2. The lowest BCUT2D eigenvalue weighted by molar-refractivity contribution is 0.101. The summed E-state index contributed by atoms with van der Waals surface area (Å²) < 4.78 is 3.62. The predicted octanol–water partition coefficient (Wildman–Crippen LogP) is 3.47. The molecule has 0 radical (unpaired) electrons. The quantitative estimate of drug-likeness (QED) is 0.534. The van der Waals surface area contributed by atoms with Crippen LogP contribution in [0.4, 0.5) is 11.5 Å². The van der Waals surface area contributed by atoms with Gasteiger partial charge in [-0.05, 0) is 71.1 Å². The number of hydrogen-bond acceptors (Lipinski definition) is 5. The third-order valence-electron chi connectivity index (χ3n) is 5.96. The summed E-state index contributed by atoms with van der Waals surface area (Å²) >= 11 is 0. The Morgan fingerprint density at radius 1 is 1.15 bits per heavy atom. The summed E-state index contributed by atoms with van der Waals surface area (Å²) in [6.07, 6.45) is 3.92. The minimum atomic E-state index is -0.348. The van der Waals surface area contributed by atoms with Crippen molar-refractivity contribution in [3.63, 3.8) is 0 Å². The molecule has 0 atom stereocenters. The van der Waals surface area contributed by atoms with E-state index < -0.39 is 0 Å². The van der Waals surface area contributed by atoms with Gasteiger partial charge in [0.25, 0.3) is 11.8 Å². The second-order valence-corrected chi connectivity index (χ2v) is 8.68. The molecule has 34 heavy (non-hydrogen) atoms. The maximum Gasteiger partial charge on any atom is 0.273 e. The molecule has 2 N–H and O–H groups in total. The molecule has 3 aromatic rings. The van der Waals surface area contributed by atoms with Crippen molar-refractivity contribution < 1.29 is 9.59 Å². The van der Waals surface area contributed by atoms with E-state index in [9.17, 15) is 14.9 Å². The minimum Gasteiger partial charge on any atom is -0.330 e. The van der Waals surface area contributed by atoms with Crippen LogP contribution >= 0.6 is 0 Å². The van der Waals surface area contributed by atoms with E-state index in [0.29, 0.717) is 34.9 Å². The number of rotatable bonds is 8. The van der Waals surface area contributed by atoms with Gasteiger partial charge in [-0.2, -0.15) is 5.26 Å². The maximum absolute atomic E-state index is 13.2. The number of carbonyl (C=O) groups is 2. The van der Waals surface area contributed by atoms with Crippen LogP contribution < -0.4 is 10.6 Å². The zero-order valence-corrected chi connectivity index (χ0v) is 20.6. The number of nitrogens with zero attached hydrogens (tertiary/aromatic N) is 5. The Hall–Kier alpha value is -3.90. The Morgan fingerprint density at radius 3 is 2.50 bits per heavy atom. The summed E-state index contributed by atoms with van der Waals surface area (Å²) in [4.78, 5) is 31.9. The summed E-state index contributed by atoms with van der Waals surface area (Å²) in [5.41, 5.74) is 4.43. The topological polar surface area (TPSA) is 108 Å². The van der Waals surface area contributed by atoms with Gasteiger partial charge in [0.05, 0.1) is 18.1 Å². The van der Waals surface area contributed by atoms with E-state index >= 15 is 0 Å². The second kappa shape index (κ2) is 10.4. The van der Waals surface area contributed by atoms with Crippen LogP contribution in [0.25, 0.3) is 0 Å². The highest BCUT2D eigenvalue weighted by Gasteiger charge is 2.21. The summed E-state index contributed by atoms with van der Waals surface area (Å²) in [5, 5.41) is 15.5. The number of benzene rings is 1. The molecule has 0 unspecified atom stereocenters. The molecule has 0 aliphatic carbocycles. The van der Waals surface area contributed by atoms with Crippen LogP contribution in [0.5, 0.6) is 0 Å². The number of aryl methyl sites for hydroxylation is 2. The van der Waals surface area contributed by atoms with E-state index in [0.717, 1.165) is 29.8 Å². The zero-order valence-electron chi connectivity index (χ0n) is 20.6. The number of aromatic nitrogens is 3. The molecule has 3 rings (SSSR count). The summed E-state index contributed by atoms with van der Waals surface area (Å²) in [5.74, 6) is -0.158. The van der Waals surface area contributed by atoms with Gasteiger partial charge in [0.1, 0.15) is 17.6 Å². The molecule has 178 valence electrons. The third kappa shape index (κ3) is 5.18.